The van der Waals surface area contributed by atoms with Crippen molar-refractivity contribution in [3.05, 3.63) is 78.1 Å². The summed E-state index contributed by atoms with van der Waals surface area (Å²) < 4.78 is 5.68. The van der Waals surface area contributed by atoms with Crippen molar-refractivity contribution in [3.63, 3.8) is 0 Å². The molecule has 0 bridgehead atoms. The lowest BCUT2D eigenvalue weighted by atomic mass is 10.0. The van der Waals surface area contributed by atoms with E-state index < -0.39 is 0 Å². The Kier molecular flexibility index (Phi) is 5.53. The zero-order chi connectivity index (χ0) is 21.1. The minimum Gasteiger partial charge on any atom is -0.464 e. The molecule has 0 fully saturated rings. The van der Waals surface area contributed by atoms with Crippen LogP contribution in [0.1, 0.15) is 29.8 Å². The highest BCUT2D eigenvalue weighted by molar-refractivity contribution is 6.09. The molecule has 1 N–H and O–H groups in total. The molecule has 0 atom stereocenters. The first-order valence-corrected chi connectivity index (χ1v) is 10.2. The van der Waals surface area contributed by atoms with Crippen molar-refractivity contribution in [2.24, 2.45) is 0 Å². The van der Waals surface area contributed by atoms with E-state index in [0.29, 0.717) is 24.3 Å². The van der Waals surface area contributed by atoms with Crippen molar-refractivity contribution >= 4 is 39.2 Å². The predicted molar refractivity (Wildman–Crippen MR) is 120 cm³/mol. The normalized spacial score (nSPS) is 11.0. The first-order chi connectivity index (χ1) is 14.6. The van der Waals surface area contributed by atoms with Gasteiger partial charge in [0.1, 0.15) is 5.58 Å². The molecule has 0 aliphatic carbocycles. The zero-order valence-electron chi connectivity index (χ0n) is 17.1. The minimum atomic E-state index is -0.155. The number of benzene rings is 3. The van der Waals surface area contributed by atoms with Gasteiger partial charge in [-0.25, -0.2) is 0 Å². The summed E-state index contributed by atoms with van der Waals surface area (Å²) in [5.41, 5.74) is 2.78. The maximum Gasteiger partial charge on any atom is 0.253 e. The van der Waals surface area contributed by atoms with Gasteiger partial charge in [-0.15, -0.1) is 0 Å². The molecule has 0 spiro atoms. The Labute approximate surface area is 175 Å². The largest absolute Gasteiger partial charge is 0.464 e. The monoisotopic (exact) mass is 400 g/mol. The summed E-state index contributed by atoms with van der Waals surface area (Å²) in [5.74, 6) is -0.193. The standard InChI is InChI=1S/C25H24N2O3/c1-3-27(4-2)25(29)18-9-7-10-20(14-18)26-23(28)15-19-16-30-22-13-12-17-8-5-6-11-21(17)24(19)22/h5-14,16H,3-4,15H2,1-2H3,(H,26,28). The summed E-state index contributed by atoms with van der Waals surface area (Å²) in [4.78, 5) is 27.1. The number of nitrogens with zero attached hydrogens (tertiary/aromatic N) is 1. The van der Waals surface area contributed by atoms with Gasteiger partial charge in [0.25, 0.3) is 5.91 Å². The van der Waals surface area contributed by atoms with Gasteiger partial charge in [-0.1, -0.05) is 36.4 Å². The van der Waals surface area contributed by atoms with E-state index in [9.17, 15) is 9.59 Å². The van der Waals surface area contributed by atoms with Gasteiger partial charge in [0, 0.05) is 35.3 Å². The lowest BCUT2D eigenvalue weighted by molar-refractivity contribution is -0.115. The fraction of sp³-hybridized carbons (Fsp3) is 0.200. The number of anilines is 1. The van der Waals surface area contributed by atoms with E-state index in [1.54, 1.807) is 35.4 Å². The van der Waals surface area contributed by atoms with Crippen molar-refractivity contribution in [2.45, 2.75) is 20.3 Å². The van der Waals surface area contributed by atoms with Gasteiger partial charge in [0.15, 0.2) is 0 Å². The topological polar surface area (TPSA) is 62.6 Å². The minimum absolute atomic E-state index is 0.0385. The quantitative estimate of drug-likeness (QED) is 0.481. The molecule has 152 valence electrons. The summed E-state index contributed by atoms with van der Waals surface area (Å²) in [6.07, 6.45) is 1.84. The Morgan fingerprint density at radius 3 is 2.57 bits per heavy atom. The molecule has 0 saturated heterocycles. The number of carbonyl (C=O) groups is 2. The first kappa shape index (κ1) is 19.7. The molecular formula is C25H24N2O3. The second kappa shape index (κ2) is 8.41. The van der Waals surface area contributed by atoms with Gasteiger partial charge in [-0.2, -0.15) is 0 Å². The summed E-state index contributed by atoms with van der Waals surface area (Å²) in [6.45, 7) is 5.19. The predicted octanol–water partition coefficient (Wildman–Crippen LogP) is 5.25. The Hall–Kier alpha value is -3.60. The summed E-state index contributed by atoms with van der Waals surface area (Å²) in [6, 6.07) is 19.1. The van der Waals surface area contributed by atoms with Crippen LogP contribution in [-0.4, -0.2) is 29.8 Å². The molecule has 4 rings (SSSR count). The van der Waals surface area contributed by atoms with Crippen LogP contribution in [0, 0.1) is 0 Å². The maximum absolute atomic E-state index is 12.7. The van der Waals surface area contributed by atoms with Crippen LogP contribution >= 0.6 is 0 Å². The van der Waals surface area contributed by atoms with Crippen LogP contribution in [0.4, 0.5) is 5.69 Å². The average Bonchev–Trinajstić information content (AvgIpc) is 3.17. The summed E-state index contributed by atoms with van der Waals surface area (Å²) in [5, 5.41) is 6.05. The molecule has 1 aromatic heterocycles. The number of carbonyl (C=O) groups excluding carboxylic acids is 2. The summed E-state index contributed by atoms with van der Waals surface area (Å²) in [7, 11) is 0. The van der Waals surface area contributed by atoms with Gasteiger partial charge in [0.05, 0.1) is 12.7 Å². The highest BCUT2D eigenvalue weighted by atomic mass is 16.3. The fourth-order valence-corrected chi connectivity index (χ4v) is 3.81. The molecular weight excluding hydrogens is 376 g/mol. The van der Waals surface area contributed by atoms with E-state index in [2.05, 4.69) is 5.32 Å². The van der Waals surface area contributed by atoms with Gasteiger partial charge < -0.3 is 14.6 Å². The van der Waals surface area contributed by atoms with Gasteiger partial charge in [-0.3, -0.25) is 9.59 Å². The number of furan rings is 1. The number of nitrogens with one attached hydrogen (secondary N) is 1. The van der Waals surface area contributed by atoms with E-state index in [4.69, 9.17) is 4.42 Å². The van der Waals surface area contributed by atoms with Crippen molar-refractivity contribution in [3.8, 4) is 0 Å². The van der Waals surface area contributed by atoms with E-state index in [1.807, 2.05) is 50.2 Å². The number of amides is 2. The number of hydrogen-bond donors (Lipinski definition) is 1. The zero-order valence-corrected chi connectivity index (χ0v) is 17.1. The Morgan fingerprint density at radius 2 is 1.77 bits per heavy atom. The third-order valence-corrected chi connectivity index (χ3v) is 5.34. The molecule has 4 aromatic rings. The van der Waals surface area contributed by atoms with Crippen LogP contribution in [0.15, 0.2) is 71.3 Å². The molecule has 3 aromatic carbocycles. The van der Waals surface area contributed by atoms with Crippen LogP contribution in [0.25, 0.3) is 21.7 Å². The number of rotatable bonds is 6. The molecule has 0 aliphatic heterocycles. The van der Waals surface area contributed by atoms with E-state index in [-0.39, 0.29) is 18.2 Å². The first-order valence-electron chi connectivity index (χ1n) is 10.2. The molecule has 5 heteroatoms. The molecule has 0 saturated carbocycles. The molecule has 0 unspecified atom stereocenters. The second-order valence-corrected chi connectivity index (χ2v) is 7.20. The molecule has 2 amide bonds. The molecule has 0 aliphatic rings. The number of hydrogen-bond acceptors (Lipinski definition) is 3. The fourth-order valence-electron chi connectivity index (χ4n) is 3.81. The van der Waals surface area contributed by atoms with Crippen LogP contribution in [-0.2, 0) is 11.2 Å². The Morgan fingerprint density at radius 1 is 0.967 bits per heavy atom. The van der Waals surface area contributed by atoms with Crippen LogP contribution in [0.5, 0.6) is 0 Å². The second-order valence-electron chi connectivity index (χ2n) is 7.20. The molecule has 5 nitrogen and oxygen atoms in total. The average molecular weight is 400 g/mol. The highest BCUT2D eigenvalue weighted by Crippen LogP contribution is 2.30. The van der Waals surface area contributed by atoms with Gasteiger partial charge in [0.2, 0.25) is 5.91 Å². The van der Waals surface area contributed by atoms with Crippen LogP contribution < -0.4 is 5.32 Å². The van der Waals surface area contributed by atoms with Crippen molar-refractivity contribution < 1.29 is 14.0 Å². The van der Waals surface area contributed by atoms with E-state index >= 15 is 0 Å². The molecule has 0 radical (unpaired) electrons. The van der Waals surface area contributed by atoms with E-state index in [1.165, 1.54) is 0 Å². The van der Waals surface area contributed by atoms with Gasteiger partial charge >= 0.3 is 0 Å². The lowest BCUT2D eigenvalue weighted by Gasteiger charge is -2.19. The molecule has 30 heavy (non-hydrogen) atoms. The Balaban J connectivity index is 1.55. The Bertz CT molecular complexity index is 1220. The lowest BCUT2D eigenvalue weighted by Crippen LogP contribution is -2.30. The van der Waals surface area contributed by atoms with Crippen LogP contribution in [0.2, 0.25) is 0 Å². The van der Waals surface area contributed by atoms with E-state index in [0.717, 1.165) is 27.3 Å². The van der Waals surface area contributed by atoms with Crippen LogP contribution in [0.3, 0.4) is 0 Å². The third kappa shape index (κ3) is 3.79. The number of fused-ring (bicyclic) bond motifs is 3. The van der Waals surface area contributed by atoms with Crippen molar-refractivity contribution in [1.82, 2.24) is 4.90 Å². The van der Waals surface area contributed by atoms with Crippen molar-refractivity contribution in [1.29, 1.82) is 0 Å². The van der Waals surface area contributed by atoms with Gasteiger partial charge in [-0.05, 0) is 48.9 Å². The summed E-state index contributed by atoms with van der Waals surface area (Å²) >= 11 is 0. The maximum atomic E-state index is 12.7. The molecule has 1 heterocycles. The third-order valence-electron chi connectivity index (χ3n) is 5.34. The highest BCUT2D eigenvalue weighted by Gasteiger charge is 2.15. The SMILES string of the molecule is CCN(CC)C(=O)c1cccc(NC(=O)Cc2coc3ccc4ccccc4c23)c1. The van der Waals surface area contributed by atoms with Crippen molar-refractivity contribution in [2.75, 3.05) is 18.4 Å². The smallest absolute Gasteiger partial charge is 0.253 e.